The van der Waals surface area contributed by atoms with Crippen LogP contribution in [0.4, 0.5) is 11.4 Å². The molecular formula is C21H17Cl2NO2. The first-order valence-electron chi connectivity index (χ1n) is 8.12. The van der Waals surface area contributed by atoms with Gasteiger partial charge < -0.3 is 10.1 Å². The van der Waals surface area contributed by atoms with E-state index in [9.17, 15) is 4.79 Å². The molecule has 0 saturated carbocycles. The first-order chi connectivity index (χ1) is 12.6. The average Bonchev–Trinajstić information content (AvgIpc) is 2.65. The van der Waals surface area contributed by atoms with E-state index in [2.05, 4.69) is 5.32 Å². The Kier molecular flexibility index (Phi) is 6.16. The number of para-hydroxylation sites is 2. The van der Waals surface area contributed by atoms with Crippen LogP contribution in [0.3, 0.4) is 0 Å². The molecule has 0 aliphatic heterocycles. The van der Waals surface area contributed by atoms with Crippen molar-refractivity contribution in [3.63, 3.8) is 0 Å². The van der Waals surface area contributed by atoms with Gasteiger partial charge in [-0.05, 0) is 29.3 Å². The van der Waals surface area contributed by atoms with Gasteiger partial charge in [-0.1, -0.05) is 77.8 Å². The number of esters is 1. The molecule has 132 valence electrons. The lowest BCUT2D eigenvalue weighted by Crippen LogP contribution is -2.09. The summed E-state index contributed by atoms with van der Waals surface area (Å²) in [6.45, 7) is 0.256. The summed E-state index contributed by atoms with van der Waals surface area (Å²) in [7, 11) is 0. The molecular weight excluding hydrogens is 369 g/mol. The van der Waals surface area contributed by atoms with E-state index in [0.29, 0.717) is 15.7 Å². The SMILES string of the molecule is O=C(Cc1ccccc1Nc1c(Cl)cccc1Cl)OCc1ccccc1. The summed E-state index contributed by atoms with van der Waals surface area (Å²) in [4.78, 5) is 12.2. The Hall–Kier alpha value is -2.49. The van der Waals surface area contributed by atoms with E-state index in [-0.39, 0.29) is 19.0 Å². The highest BCUT2D eigenvalue weighted by Gasteiger charge is 2.12. The van der Waals surface area contributed by atoms with E-state index in [0.717, 1.165) is 16.8 Å². The number of halogens is 2. The fourth-order valence-electron chi connectivity index (χ4n) is 2.49. The van der Waals surface area contributed by atoms with Crippen LogP contribution in [0.1, 0.15) is 11.1 Å². The minimum atomic E-state index is -0.298. The van der Waals surface area contributed by atoms with Crippen molar-refractivity contribution in [2.75, 3.05) is 5.32 Å². The summed E-state index contributed by atoms with van der Waals surface area (Å²) in [6, 6.07) is 22.4. The highest BCUT2D eigenvalue weighted by molar-refractivity contribution is 6.39. The number of rotatable bonds is 6. The van der Waals surface area contributed by atoms with Crippen LogP contribution >= 0.6 is 23.2 Å². The van der Waals surface area contributed by atoms with E-state index < -0.39 is 0 Å². The Morgan fingerprint density at radius 2 is 1.50 bits per heavy atom. The maximum Gasteiger partial charge on any atom is 0.310 e. The maximum absolute atomic E-state index is 12.2. The first kappa shape index (κ1) is 18.3. The fraction of sp³-hybridized carbons (Fsp3) is 0.0952. The van der Waals surface area contributed by atoms with E-state index in [4.69, 9.17) is 27.9 Å². The van der Waals surface area contributed by atoms with Crippen LogP contribution in [0.15, 0.2) is 72.8 Å². The maximum atomic E-state index is 12.2. The van der Waals surface area contributed by atoms with Crippen molar-refractivity contribution in [2.24, 2.45) is 0 Å². The van der Waals surface area contributed by atoms with Gasteiger partial charge in [0, 0.05) is 5.69 Å². The monoisotopic (exact) mass is 385 g/mol. The standard InChI is InChI=1S/C21H17Cl2NO2/c22-17-10-6-11-18(23)21(17)24-19-12-5-4-9-16(19)13-20(25)26-14-15-7-2-1-3-8-15/h1-12,24H,13-14H2. The van der Waals surface area contributed by atoms with Crippen LogP contribution in [0, 0.1) is 0 Å². The molecule has 5 heteroatoms. The summed E-state index contributed by atoms with van der Waals surface area (Å²) in [5, 5.41) is 4.24. The number of hydrogen-bond acceptors (Lipinski definition) is 3. The van der Waals surface area contributed by atoms with Gasteiger partial charge in [0.2, 0.25) is 0 Å². The highest BCUT2D eigenvalue weighted by atomic mass is 35.5. The molecule has 3 nitrogen and oxygen atoms in total. The Morgan fingerprint density at radius 3 is 2.23 bits per heavy atom. The molecule has 0 unspecified atom stereocenters. The lowest BCUT2D eigenvalue weighted by molar-refractivity contribution is -0.144. The summed E-state index contributed by atoms with van der Waals surface area (Å²) in [5.41, 5.74) is 3.14. The number of hydrogen-bond donors (Lipinski definition) is 1. The van der Waals surface area contributed by atoms with Crippen molar-refractivity contribution in [3.8, 4) is 0 Å². The quantitative estimate of drug-likeness (QED) is 0.526. The van der Waals surface area contributed by atoms with Crippen molar-refractivity contribution in [1.29, 1.82) is 0 Å². The first-order valence-corrected chi connectivity index (χ1v) is 8.87. The molecule has 0 saturated heterocycles. The normalized spacial score (nSPS) is 10.4. The van der Waals surface area contributed by atoms with Gasteiger partial charge in [0.05, 0.1) is 22.2 Å². The summed E-state index contributed by atoms with van der Waals surface area (Å²) in [6.07, 6.45) is 0.151. The number of benzene rings is 3. The molecule has 1 N–H and O–H groups in total. The Labute approximate surface area is 162 Å². The Balaban J connectivity index is 1.70. The third-order valence-electron chi connectivity index (χ3n) is 3.82. The van der Waals surface area contributed by atoms with E-state index in [1.807, 2.05) is 54.6 Å². The number of ether oxygens (including phenoxy) is 1. The molecule has 0 fully saturated rings. The number of carbonyl (C=O) groups is 1. The molecule has 3 aromatic rings. The average molecular weight is 386 g/mol. The highest BCUT2D eigenvalue weighted by Crippen LogP contribution is 2.33. The van der Waals surface area contributed by atoms with Crippen LogP contribution in [-0.2, 0) is 22.6 Å². The van der Waals surface area contributed by atoms with Crippen LogP contribution < -0.4 is 5.32 Å². The van der Waals surface area contributed by atoms with Crippen LogP contribution in [0.25, 0.3) is 0 Å². The lowest BCUT2D eigenvalue weighted by Gasteiger charge is -2.14. The minimum absolute atomic E-state index is 0.151. The zero-order valence-corrected chi connectivity index (χ0v) is 15.4. The number of anilines is 2. The van der Waals surface area contributed by atoms with Gasteiger partial charge in [0.1, 0.15) is 6.61 Å². The summed E-state index contributed by atoms with van der Waals surface area (Å²) >= 11 is 12.4. The van der Waals surface area contributed by atoms with Gasteiger partial charge in [-0.15, -0.1) is 0 Å². The molecule has 0 heterocycles. The third kappa shape index (κ3) is 4.78. The number of carbonyl (C=O) groups excluding carboxylic acids is 1. The lowest BCUT2D eigenvalue weighted by atomic mass is 10.1. The molecule has 0 aromatic heterocycles. The van der Waals surface area contributed by atoms with Crippen molar-refractivity contribution < 1.29 is 9.53 Å². The molecule has 3 aromatic carbocycles. The van der Waals surface area contributed by atoms with Crippen molar-refractivity contribution in [1.82, 2.24) is 0 Å². The van der Waals surface area contributed by atoms with Crippen LogP contribution in [-0.4, -0.2) is 5.97 Å². The smallest absolute Gasteiger partial charge is 0.310 e. The van der Waals surface area contributed by atoms with Gasteiger partial charge in [-0.25, -0.2) is 0 Å². The Morgan fingerprint density at radius 1 is 0.846 bits per heavy atom. The Bertz CT molecular complexity index is 877. The fourth-order valence-corrected chi connectivity index (χ4v) is 2.98. The second-order valence-electron chi connectivity index (χ2n) is 5.70. The second kappa shape index (κ2) is 8.75. The zero-order chi connectivity index (χ0) is 18.4. The van der Waals surface area contributed by atoms with Crippen molar-refractivity contribution in [3.05, 3.63) is 94.0 Å². The minimum Gasteiger partial charge on any atom is -0.461 e. The van der Waals surface area contributed by atoms with Gasteiger partial charge >= 0.3 is 5.97 Å². The second-order valence-corrected chi connectivity index (χ2v) is 6.52. The largest absolute Gasteiger partial charge is 0.461 e. The third-order valence-corrected chi connectivity index (χ3v) is 4.45. The molecule has 0 radical (unpaired) electrons. The van der Waals surface area contributed by atoms with Crippen LogP contribution in [0.5, 0.6) is 0 Å². The van der Waals surface area contributed by atoms with Crippen molar-refractivity contribution in [2.45, 2.75) is 13.0 Å². The summed E-state index contributed by atoms with van der Waals surface area (Å²) < 4.78 is 5.37. The molecule has 0 aliphatic carbocycles. The van der Waals surface area contributed by atoms with Gasteiger partial charge in [-0.3, -0.25) is 4.79 Å². The number of nitrogens with one attached hydrogen (secondary N) is 1. The van der Waals surface area contributed by atoms with Crippen molar-refractivity contribution >= 4 is 40.5 Å². The molecule has 0 bridgehead atoms. The molecule has 3 rings (SSSR count). The van der Waals surface area contributed by atoms with Gasteiger partial charge in [0.25, 0.3) is 0 Å². The van der Waals surface area contributed by atoms with E-state index in [1.54, 1.807) is 18.2 Å². The van der Waals surface area contributed by atoms with Gasteiger partial charge in [0.15, 0.2) is 0 Å². The zero-order valence-electron chi connectivity index (χ0n) is 13.9. The van der Waals surface area contributed by atoms with E-state index >= 15 is 0 Å². The molecule has 26 heavy (non-hydrogen) atoms. The van der Waals surface area contributed by atoms with Gasteiger partial charge in [-0.2, -0.15) is 0 Å². The van der Waals surface area contributed by atoms with E-state index in [1.165, 1.54) is 0 Å². The summed E-state index contributed by atoms with van der Waals surface area (Å²) in [5.74, 6) is -0.298. The topological polar surface area (TPSA) is 38.3 Å². The molecule has 0 aliphatic rings. The molecule has 0 atom stereocenters. The molecule has 0 spiro atoms. The molecule has 0 amide bonds. The predicted octanol–water partition coefficient (Wildman–Crippen LogP) is 6.02. The van der Waals surface area contributed by atoms with Crippen LogP contribution in [0.2, 0.25) is 10.0 Å². The predicted molar refractivity (Wildman–Crippen MR) is 106 cm³/mol.